The molecule has 2 N–H and O–H groups in total. The van der Waals surface area contributed by atoms with E-state index >= 15 is 0 Å². The molecule has 0 fully saturated rings. The minimum absolute atomic E-state index is 0.348. The van der Waals surface area contributed by atoms with Crippen LogP contribution in [0.25, 0.3) is 0 Å². The Hall–Kier alpha value is -1.29. The number of halogens is 3. The first kappa shape index (κ1) is 11.8. The van der Waals surface area contributed by atoms with Crippen molar-refractivity contribution in [2.24, 2.45) is 5.73 Å². The number of hydrogen-bond donors (Lipinski definition) is 1. The van der Waals surface area contributed by atoms with Gasteiger partial charge in [0.15, 0.2) is 0 Å². The largest absolute Gasteiger partial charge is 0.416 e. The van der Waals surface area contributed by atoms with Gasteiger partial charge in [-0.25, -0.2) is 0 Å². The molecule has 0 aliphatic rings. The van der Waals surface area contributed by atoms with Crippen LogP contribution in [-0.2, 0) is 12.6 Å². The zero-order valence-electron chi connectivity index (χ0n) is 8.14. The highest BCUT2D eigenvalue weighted by atomic mass is 19.4. The maximum atomic E-state index is 12.2. The van der Waals surface area contributed by atoms with E-state index in [0.29, 0.717) is 13.0 Å². The smallest absolute Gasteiger partial charge is 0.327 e. The van der Waals surface area contributed by atoms with Crippen LogP contribution in [0, 0.1) is 0 Å². The van der Waals surface area contributed by atoms with Crippen LogP contribution in [0.2, 0.25) is 0 Å². The lowest BCUT2D eigenvalue weighted by atomic mass is 10.0. The van der Waals surface area contributed by atoms with E-state index in [1.54, 1.807) is 0 Å². The van der Waals surface area contributed by atoms with Crippen molar-refractivity contribution < 1.29 is 13.2 Å². The van der Waals surface area contributed by atoms with E-state index in [-0.39, 0.29) is 0 Å². The van der Waals surface area contributed by atoms with Gasteiger partial charge in [0, 0.05) is 6.54 Å². The van der Waals surface area contributed by atoms with Crippen molar-refractivity contribution in [2.45, 2.75) is 12.6 Å². The molecule has 0 spiro atoms. The highest BCUT2D eigenvalue weighted by Gasteiger charge is 2.29. The molecule has 0 aromatic heterocycles. The molecule has 0 bridgehead atoms. The fourth-order valence-corrected chi connectivity index (χ4v) is 1.17. The van der Waals surface area contributed by atoms with Gasteiger partial charge in [0.2, 0.25) is 0 Å². The summed E-state index contributed by atoms with van der Waals surface area (Å²) in [4.78, 5) is 0. The van der Waals surface area contributed by atoms with Crippen molar-refractivity contribution in [3.8, 4) is 0 Å². The van der Waals surface area contributed by atoms with E-state index in [1.165, 1.54) is 12.1 Å². The number of benzene rings is 1. The van der Waals surface area contributed by atoms with Crippen LogP contribution in [0.5, 0.6) is 0 Å². The van der Waals surface area contributed by atoms with Crippen molar-refractivity contribution >= 4 is 0 Å². The van der Waals surface area contributed by atoms with Crippen LogP contribution in [0.15, 0.2) is 36.4 Å². The Morgan fingerprint density at radius 2 is 1.73 bits per heavy atom. The summed E-state index contributed by atoms with van der Waals surface area (Å²) in [6.07, 6.45) is -3.75. The van der Waals surface area contributed by atoms with Gasteiger partial charge in [-0.15, -0.1) is 0 Å². The van der Waals surface area contributed by atoms with E-state index in [9.17, 15) is 13.2 Å². The predicted molar refractivity (Wildman–Crippen MR) is 53.3 cm³/mol. The van der Waals surface area contributed by atoms with Gasteiger partial charge in [-0.1, -0.05) is 24.3 Å². The molecule has 0 amide bonds. The summed E-state index contributed by atoms with van der Waals surface area (Å²) < 4.78 is 36.6. The van der Waals surface area contributed by atoms with Gasteiger partial charge in [0.1, 0.15) is 0 Å². The van der Waals surface area contributed by atoms with E-state index < -0.39 is 11.7 Å². The molecule has 1 rings (SSSR count). The molecule has 0 saturated heterocycles. The predicted octanol–water partition coefficient (Wildman–Crippen LogP) is 2.76. The Bertz CT molecular complexity index is 338. The third-order valence-corrected chi connectivity index (χ3v) is 2.02. The first-order valence-corrected chi connectivity index (χ1v) is 4.46. The van der Waals surface area contributed by atoms with Crippen molar-refractivity contribution in [2.75, 3.05) is 6.54 Å². The average Bonchev–Trinajstić information content (AvgIpc) is 2.17. The Kier molecular flexibility index (Phi) is 3.52. The minimum Gasteiger partial charge on any atom is -0.327 e. The Balaban J connectivity index is 2.77. The van der Waals surface area contributed by atoms with Crippen molar-refractivity contribution in [1.29, 1.82) is 0 Å². The van der Waals surface area contributed by atoms with Gasteiger partial charge in [-0.2, -0.15) is 13.2 Å². The fourth-order valence-electron chi connectivity index (χ4n) is 1.17. The van der Waals surface area contributed by atoms with E-state index in [1.807, 2.05) is 0 Å². The monoisotopic (exact) mass is 215 g/mol. The summed E-state index contributed by atoms with van der Waals surface area (Å²) >= 11 is 0. The molecule has 0 radical (unpaired) electrons. The van der Waals surface area contributed by atoms with Crippen molar-refractivity contribution in [3.63, 3.8) is 0 Å². The van der Waals surface area contributed by atoms with E-state index in [4.69, 9.17) is 5.73 Å². The lowest BCUT2D eigenvalue weighted by molar-refractivity contribution is -0.137. The molecular weight excluding hydrogens is 203 g/mol. The topological polar surface area (TPSA) is 26.0 Å². The molecule has 82 valence electrons. The van der Waals surface area contributed by atoms with Gasteiger partial charge in [-0.05, 0) is 24.1 Å². The fraction of sp³-hybridized carbons (Fsp3) is 0.273. The average molecular weight is 215 g/mol. The standard InChI is InChI=1S/C11H12F3N/c1-8(7-15)6-9-2-4-10(5-3-9)11(12,13)14/h2-5H,1,6-7,15H2. The summed E-state index contributed by atoms with van der Waals surface area (Å²) in [6, 6.07) is 5.03. The van der Waals surface area contributed by atoms with Gasteiger partial charge >= 0.3 is 6.18 Å². The molecule has 15 heavy (non-hydrogen) atoms. The van der Waals surface area contributed by atoms with Crippen molar-refractivity contribution in [1.82, 2.24) is 0 Å². The summed E-state index contributed by atoms with van der Waals surface area (Å²) in [7, 11) is 0. The highest BCUT2D eigenvalue weighted by molar-refractivity contribution is 5.27. The minimum atomic E-state index is -4.27. The summed E-state index contributed by atoms with van der Waals surface area (Å²) in [5.74, 6) is 0. The second-order valence-electron chi connectivity index (χ2n) is 3.33. The normalized spacial score (nSPS) is 11.5. The molecule has 0 aliphatic carbocycles. The Morgan fingerprint density at radius 3 is 2.13 bits per heavy atom. The molecular formula is C11H12F3N. The molecule has 0 saturated carbocycles. The van der Waals surface area contributed by atoms with E-state index in [2.05, 4.69) is 6.58 Å². The summed E-state index contributed by atoms with van der Waals surface area (Å²) in [6.45, 7) is 4.04. The highest BCUT2D eigenvalue weighted by Crippen LogP contribution is 2.29. The first-order valence-electron chi connectivity index (χ1n) is 4.46. The first-order chi connectivity index (χ1) is 6.93. The molecule has 1 aromatic rings. The lowest BCUT2D eigenvalue weighted by Crippen LogP contribution is -2.06. The number of nitrogens with two attached hydrogens (primary N) is 1. The van der Waals surface area contributed by atoms with Crippen LogP contribution >= 0.6 is 0 Å². The Morgan fingerprint density at radius 1 is 1.20 bits per heavy atom. The number of alkyl halides is 3. The zero-order chi connectivity index (χ0) is 11.5. The second-order valence-corrected chi connectivity index (χ2v) is 3.33. The maximum absolute atomic E-state index is 12.2. The molecule has 4 heteroatoms. The SMILES string of the molecule is C=C(CN)Cc1ccc(C(F)(F)F)cc1. The van der Waals surface area contributed by atoms with Crippen LogP contribution in [0.1, 0.15) is 11.1 Å². The second kappa shape index (κ2) is 4.49. The van der Waals surface area contributed by atoms with Gasteiger partial charge in [0.25, 0.3) is 0 Å². The van der Waals surface area contributed by atoms with Crippen LogP contribution in [-0.4, -0.2) is 6.54 Å². The Labute approximate surface area is 86.4 Å². The number of rotatable bonds is 3. The van der Waals surface area contributed by atoms with Gasteiger partial charge in [0.05, 0.1) is 5.56 Å². The van der Waals surface area contributed by atoms with Gasteiger partial charge < -0.3 is 5.73 Å². The zero-order valence-corrected chi connectivity index (χ0v) is 8.14. The van der Waals surface area contributed by atoms with Crippen molar-refractivity contribution in [3.05, 3.63) is 47.5 Å². The molecule has 0 atom stereocenters. The molecule has 1 aromatic carbocycles. The lowest BCUT2D eigenvalue weighted by Gasteiger charge is -2.08. The summed E-state index contributed by atoms with van der Waals surface area (Å²) in [5.41, 5.74) is 6.30. The van der Waals surface area contributed by atoms with Crippen LogP contribution < -0.4 is 5.73 Å². The number of hydrogen-bond acceptors (Lipinski definition) is 1. The molecule has 0 aliphatic heterocycles. The quantitative estimate of drug-likeness (QED) is 0.771. The third-order valence-electron chi connectivity index (χ3n) is 2.02. The molecule has 0 unspecified atom stereocenters. The van der Waals surface area contributed by atoms with Gasteiger partial charge in [-0.3, -0.25) is 0 Å². The molecule has 0 heterocycles. The van der Waals surface area contributed by atoms with Crippen LogP contribution in [0.4, 0.5) is 13.2 Å². The third kappa shape index (κ3) is 3.40. The van der Waals surface area contributed by atoms with E-state index in [0.717, 1.165) is 23.3 Å². The maximum Gasteiger partial charge on any atom is 0.416 e. The summed E-state index contributed by atoms with van der Waals surface area (Å²) in [5, 5.41) is 0. The van der Waals surface area contributed by atoms with Crippen LogP contribution in [0.3, 0.4) is 0 Å². The molecule has 1 nitrogen and oxygen atoms in total.